The first-order valence-corrected chi connectivity index (χ1v) is 5.04. The molecule has 1 rings (SSSR count). The summed E-state index contributed by atoms with van der Waals surface area (Å²) in [5, 5.41) is 2.10. The van der Waals surface area contributed by atoms with Crippen molar-refractivity contribution >= 4 is 11.3 Å². The molecular weight excluding hydrogens is 166 g/mol. The van der Waals surface area contributed by atoms with Crippen LogP contribution in [0.25, 0.3) is 0 Å². The van der Waals surface area contributed by atoms with Gasteiger partial charge in [-0.05, 0) is 36.8 Å². The first-order chi connectivity index (χ1) is 5.75. The van der Waals surface area contributed by atoms with Crippen molar-refractivity contribution in [3.63, 3.8) is 0 Å². The highest BCUT2D eigenvalue weighted by Gasteiger charge is 2.08. The van der Waals surface area contributed by atoms with Gasteiger partial charge in [0.2, 0.25) is 0 Å². The predicted octanol–water partition coefficient (Wildman–Crippen LogP) is 3.02. The average molecular weight is 181 g/mol. The van der Waals surface area contributed by atoms with Crippen LogP contribution in [0.4, 0.5) is 0 Å². The van der Waals surface area contributed by atoms with Crippen molar-refractivity contribution in [1.29, 1.82) is 0 Å². The van der Waals surface area contributed by atoms with Crippen LogP contribution in [0.3, 0.4) is 0 Å². The second-order valence-corrected chi connectivity index (χ2v) is 3.89. The van der Waals surface area contributed by atoms with Crippen LogP contribution in [0.2, 0.25) is 0 Å². The quantitative estimate of drug-likeness (QED) is 0.710. The third kappa shape index (κ3) is 2.19. The fraction of sp³-hybridized carbons (Fsp3) is 0.400. The Morgan fingerprint density at radius 3 is 3.00 bits per heavy atom. The Kier molecular flexibility index (Phi) is 3.50. The van der Waals surface area contributed by atoms with Crippen molar-refractivity contribution in [2.75, 3.05) is 0 Å². The molecule has 0 fully saturated rings. The smallest absolute Gasteiger partial charge is 0.0395 e. The molecule has 0 aliphatic rings. The highest BCUT2D eigenvalue weighted by Crippen LogP contribution is 2.25. The molecular formula is C10H15NS. The Bertz CT molecular complexity index is 252. The van der Waals surface area contributed by atoms with E-state index in [1.54, 1.807) is 11.3 Å². The van der Waals surface area contributed by atoms with Gasteiger partial charge in [-0.3, -0.25) is 0 Å². The van der Waals surface area contributed by atoms with Crippen LogP contribution in [0.5, 0.6) is 0 Å². The van der Waals surface area contributed by atoms with Crippen molar-refractivity contribution in [3.8, 4) is 0 Å². The lowest BCUT2D eigenvalue weighted by Crippen LogP contribution is -2.08. The van der Waals surface area contributed by atoms with Crippen LogP contribution in [-0.4, -0.2) is 0 Å². The summed E-state index contributed by atoms with van der Waals surface area (Å²) in [4.78, 5) is 1.32. The molecule has 0 bridgehead atoms. The van der Waals surface area contributed by atoms with Crippen LogP contribution >= 0.6 is 11.3 Å². The molecule has 0 radical (unpaired) electrons. The minimum absolute atomic E-state index is 0.197. The molecule has 1 heterocycles. The lowest BCUT2D eigenvalue weighted by Gasteiger charge is -2.08. The molecule has 0 aromatic carbocycles. The molecule has 0 amide bonds. The summed E-state index contributed by atoms with van der Waals surface area (Å²) >= 11 is 1.75. The third-order valence-corrected chi connectivity index (χ3v) is 3.07. The first-order valence-electron chi connectivity index (χ1n) is 4.16. The molecule has 0 aliphatic carbocycles. The molecule has 2 heteroatoms. The molecule has 1 aromatic heterocycles. The highest BCUT2D eigenvalue weighted by molar-refractivity contribution is 7.10. The maximum atomic E-state index is 5.99. The van der Waals surface area contributed by atoms with E-state index < -0.39 is 0 Å². The standard InChI is InChI=1S/C10H15NS/c1-3-4-5-9(11)10-8(2)6-7-12-10/h3,6-7,9H,1,4-5,11H2,2H3. The normalized spacial score (nSPS) is 12.8. The van der Waals surface area contributed by atoms with Gasteiger partial charge in [-0.25, -0.2) is 0 Å². The zero-order valence-corrected chi connectivity index (χ0v) is 8.23. The number of allylic oxidation sites excluding steroid dienone is 1. The van der Waals surface area contributed by atoms with Crippen molar-refractivity contribution in [2.24, 2.45) is 5.73 Å². The average Bonchev–Trinajstić information content (AvgIpc) is 2.47. The van der Waals surface area contributed by atoms with Gasteiger partial charge in [-0.1, -0.05) is 6.08 Å². The van der Waals surface area contributed by atoms with Crippen molar-refractivity contribution < 1.29 is 0 Å². The van der Waals surface area contributed by atoms with Gasteiger partial charge in [0.1, 0.15) is 0 Å². The summed E-state index contributed by atoms with van der Waals surface area (Å²) in [5.41, 5.74) is 7.31. The van der Waals surface area contributed by atoms with E-state index in [9.17, 15) is 0 Å². The molecule has 66 valence electrons. The summed E-state index contributed by atoms with van der Waals surface area (Å²) in [6.07, 6.45) is 3.92. The fourth-order valence-corrected chi connectivity index (χ4v) is 2.16. The lowest BCUT2D eigenvalue weighted by atomic mass is 10.1. The molecule has 0 saturated carbocycles. The van der Waals surface area contributed by atoms with Crippen LogP contribution in [0.1, 0.15) is 29.3 Å². The lowest BCUT2D eigenvalue weighted by molar-refractivity contribution is 0.669. The summed E-state index contributed by atoms with van der Waals surface area (Å²) < 4.78 is 0. The summed E-state index contributed by atoms with van der Waals surface area (Å²) in [6, 6.07) is 2.32. The van der Waals surface area contributed by atoms with Gasteiger partial charge >= 0.3 is 0 Å². The van der Waals surface area contributed by atoms with Crippen LogP contribution in [-0.2, 0) is 0 Å². The maximum Gasteiger partial charge on any atom is 0.0395 e. The Morgan fingerprint density at radius 1 is 1.75 bits per heavy atom. The van der Waals surface area contributed by atoms with Gasteiger partial charge < -0.3 is 5.73 Å². The van der Waals surface area contributed by atoms with E-state index in [2.05, 4.69) is 24.9 Å². The van der Waals surface area contributed by atoms with E-state index in [1.807, 2.05) is 6.08 Å². The number of rotatable bonds is 4. The Balaban J connectivity index is 2.58. The number of hydrogen-bond acceptors (Lipinski definition) is 2. The third-order valence-electron chi connectivity index (χ3n) is 1.92. The monoisotopic (exact) mass is 181 g/mol. The van der Waals surface area contributed by atoms with E-state index in [1.165, 1.54) is 10.4 Å². The van der Waals surface area contributed by atoms with Gasteiger partial charge in [0.05, 0.1) is 0 Å². The summed E-state index contributed by atoms with van der Waals surface area (Å²) in [7, 11) is 0. The second-order valence-electron chi connectivity index (χ2n) is 2.94. The van der Waals surface area contributed by atoms with Crippen molar-refractivity contribution in [3.05, 3.63) is 34.5 Å². The summed E-state index contributed by atoms with van der Waals surface area (Å²) in [5.74, 6) is 0. The van der Waals surface area contributed by atoms with Gasteiger partial charge in [-0.2, -0.15) is 0 Å². The van der Waals surface area contributed by atoms with Gasteiger partial charge in [0.15, 0.2) is 0 Å². The summed E-state index contributed by atoms with van der Waals surface area (Å²) in [6.45, 7) is 5.79. The van der Waals surface area contributed by atoms with Gasteiger partial charge in [0, 0.05) is 10.9 Å². The predicted molar refractivity (Wildman–Crippen MR) is 55.4 cm³/mol. The van der Waals surface area contributed by atoms with E-state index in [-0.39, 0.29) is 6.04 Å². The Morgan fingerprint density at radius 2 is 2.50 bits per heavy atom. The Labute approximate surface area is 77.9 Å². The topological polar surface area (TPSA) is 26.0 Å². The number of aryl methyl sites for hydroxylation is 1. The SMILES string of the molecule is C=CCCC(N)c1sccc1C. The molecule has 0 saturated heterocycles. The minimum atomic E-state index is 0.197. The fourth-order valence-electron chi connectivity index (χ4n) is 1.19. The minimum Gasteiger partial charge on any atom is -0.323 e. The van der Waals surface area contributed by atoms with E-state index >= 15 is 0 Å². The number of nitrogens with two attached hydrogens (primary N) is 1. The van der Waals surface area contributed by atoms with Crippen LogP contribution in [0, 0.1) is 6.92 Å². The van der Waals surface area contributed by atoms with E-state index in [0.29, 0.717) is 0 Å². The van der Waals surface area contributed by atoms with Crippen LogP contribution < -0.4 is 5.73 Å². The Hall–Kier alpha value is -0.600. The van der Waals surface area contributed by atoms with Crippen molar-refractivity contribution in [2.45, 2.75) is 25.8 Å². The van der Waals surface area contributed by atoms with Crippen molar-refractivity contribution in [1.82, 2.24) is 0 Å². The molecule has 1 atom stereocenters. The first kappa shape index (κ1) is 9.49. The largest absolute Gasteiger partial charge is 0.323 e. The van der Waals surface area contributed by atoms with Gasteiger partial charge in [0.25, 0.3) is 0 Å². The number of hydrogen-bond donors (Lipinski definition) is 1. The highest BCUT2D eigenvalue weighted by atomic mass is 32.1. The molecule has 1 unspecified atom stereocenters. The molecule has 12 heavy (non-hydrogen) atoms. The second kappa shape index (κ2) is 4.43. The van der Waals surface area contributed by atoms with Crippen LogP contribution in [0.15, 0.2) is 24.1 Å². The molecule has 1 aromatic rings. The van der Waals surface area contributed by atoms with E-state index in [4.69, 9.17) is 5.73 Å². The zero-order chi connectivity index (χ0) is 8.97. The van der Waals surface area contributed by atoms with E-state index in [0.717, 1.165) is 12.8 Å². The number of thiophene rings is 1. The molecule has 2 N–H and O–H groups in total. The molecule has 1 nitrogen and oxygen atoms in total. The zero-order valence-electron chi connectivity index (χ0n) is 7.42. The van der Waals surface area contributed by atoms with Gasteiger partial charge in [-0.15, -0.1) is 17.9 Å². The maximum absolute atomic E-state index is 5.99. The molecule has 0 aliphatic heterocycles. The molecule has 0 spiro atoms.